The predicted molar refractivity (Wildman–Crippen MR) is 64.6 cm³/mol. The third kappa shape index (κ3) is 4.63. The van der Waals surface area contributed by atoms with Gasteiger partial charge in [-0.1, -0.05) is 0 Å². The van der Waals surface area contributed by atoms with Gasteiger partial charge in [0.05, 0.1) is 0 Å². The quantitative estimate of drug-likeness (QED) is 0.758. The SMILES string of the molecule is CN1CCCC[C@@H](NC(=O)OC(C)(C)C)C1=O. The molecule has 1 aliphatic heterocycles. The minimum atomic E-state index is -0.538. The number of hydrogen-bond acceptors (Lipinski definition) is 3. The maximum absolute atomic E-state index is 11.9. The van der Waals surface area contributed by atoms with Crippen molar-refractivity contribution in [3.8, 4) is 0 Å². The van der Waals surface area contributed by atoms with Gasteiger partial charge in [0.25, 0.3) is 0 Å². The van der Waals surface area contributed by atoms with E-state index in [0.29, 0.717) is 6.42 Å². The Morgan fingerprint density at radius 1 is 1.41 bits per heavy atom. The maximum Gasteiger partial charge on any atom is 0.408 e. The second kappa shape index (κ2) is 5.38. The molecule has 98 valence electrons. The van der Waals surface area contributed by atoms with E-state index in [0.717, 1.165) is 19.4 Å². The van der Waals surface area contributed by atoms with Crippen molar-refractivity contribution in [2.45, 2.75) is 51.7 Å². The van der Waals surface area contributed by atoms with E-state index in [9.17, 15) is 9.59 Å². The molecule has 1 saturated heterocycles. The molecule has 0 radical (unpaired) electrons. The summed E-state index contributed by atoms with van der Waals surface area (Å²) >= 11 is 0. The molecule has 1 N–H and O–H groups in total. The van der Waals surface area contributed by atoms with Crippen molar-refractivity contribution in [2.75, 3.05) is 13.6 Å². The third-order valence-electron chi connectivity index (χ3n) is 2.60. The zero-order valence-electron chi connectivity index (χ0n) is 11.1. The summed E-state index contributed by atoms with van der Waals surface area (Å²) in [6.07, 6.45) is 2.08. The Morgan fingerprint density at radius 3 is 2.65 bits per heavy atom. The van der Waals surface area contributed by atoms with Crippen molar-refractivity contribution in [3.63, 3.8) is 0 Å². The zero-order valence-corrected chi connectivity index (χ0v) is 11.1. The molecule has 0 aromatic rings. The monoisotopic (exact) mass is 242 g/mol. The van der Waals surface area contributed by atoms with Crippen LogP contribution in [0, 0.1) is 0 Å². The second-order valence-electron chi connectivity index (χ2n) is 5.45. The average molecular weight is 242 g/mol. The van der Waals surface area contributed by atoms with E-state index in [2.05, 4.69) is 5.32 Å². The normalized spacial score (nSPS) is 22.0. The Kier molecular flexibility index (Phi) is 4.37. The molecule has 5 nitrogen and oxygen atoms in total. The molecule has 2 amide bonds. The van der Waals surface area contributed by atoms with Gasteiger partial charge in [0.2, 0.25) is 5.91 Å². The minimum Gasteiger partial charge on any atom is -0.444 e. The number of nitrogens with zero attached hydrogens (tertiary/aromatic N) is 1. The Balaban J connectivity index is 2.54. The summed E-state index contributed by atoms with van der Waals surface area (Å²) in [7, 11) is 1.76. The Hall–Kier alpha value is -1.26. The molecular formula is C12H22N2O3. The number of rotatable bonds is 1. The lowest BCUT2D eigenvalue weighted by molar-refractivity contribution is -0.131. The van der Waals surface area contributed by atoms with E-state index in [1.54, 1.807) is 32.7 Å². The van der Waals surface area contributed by atoms with Gasteiger partial charge < -0.3 is 15.0 Å². The fourth-order valence-corrected chi connectivity index (χ4v) is 1.78. The summed E-state index contributed by atoms with van der Waals surface area (Å²) in [6, 6.07) is -0.447. The third-order valence-corrected chi connectivity index (χ3v) is 2.60. The lowest BCUT2D eigenvalue weighted by Crippen LogP contribution is -2.47. The number of carbonyl (C=O) groups excluding carboxylic acids is 2. The first kappa shape index (κ1) is 13.8. The number of ether oxygens (including phenoxy) is 1. The molecular weight excluding hydrogens is 220 g/mol. The van der Waals surface area contributed by atoms with E-state index in [1.165, 1.54) is 0 Å². The number of hydrogen-bond donors (Lipinski definition) is 1. The Bertz CT molecular complexity index is 297. The van der Waals surface area contributed by atoms with E-state index < -0.39 is 17.7 Å². The molecule has 5 heteroatoms. The van der Waals surface area contributed by atoms with Crippen LogP contribution in [0.2, 0.25) is 0 Å². The van der Waals surface area contributed by atoms with Gasteiger partial charge in [0.1, 0.15) is 11.6 Å². The highest BCUT2D eigenvalue weighted by atomic mass is 16.6. The molecule has 0 spiro atoms. The van der Waals surface area contributed by atoms with Crippen LogP contribution in [0.3, 0.4) is 0 Å². The predicted octanol–water partition coefficient (Wildman–Crippen LogP) is 1.52. The summed E-state index contributed by atoms with van der Waals surface area (Å²) in [4.78, 5) is 25.2. The van der Waals surface area contributed by atoms with Crippen molar-refractivity contribution in [3.05, 3.63) is 0 Å². The number of likely N-dealkylation sites (tertiary alicyclic amines) is 1. The topological polar surface area (TPSA) is 58.6 Å². The van der Waals surface area contributed by atoms with E-state index in [-0.39, 0.29) is 5.91 Å². The maximum atomic E-state index is 11.9. The van der Waals surface area contributed by atoms with Crippen molar-refractivity contribution in [2.24, 2.45) is 0 Å². The van der Waals surface area contributed by atoms with Gasteiger partial charge >= 0.3 is 6.09 Å². The molecule has 0 aromatic carbocycles. The number of likely N-dealkylation sites (N-methyl/N-ethyl adjacent to an activating group) is 1. The lowest BCUT2D eigenvalue weighted by Gasteiger charge is -2.24. The van der Waals surface area contributed by atoms with E-state index >= 15 is 0 Å². The Morgan fingerprint density at radius 2 is 2.06 bits per heavy atom. The molecule has 1 fully saturated rings. The fourth-order valence-electron chi connectivity index (χ4n) is 1.78. The smallest absolute Gasteiger partial charge is 0.408 e. The van der Waals surface area contributed by atoms with Crippen LogP contribution >= 0.6 is 0 Å². The molecule has 0 unspecified atom stereocenters. The first-order valence-electron chi connectivity index (χ1n) is 6.04. The number of alkyl carbamates (subject to hydrolysis) is 1. The first-order valence-corrected chi connectivity index (χ1v) is 6.04. The summed E-state index contributed by atoms with van der Waals surface area (Å²) in [5, 5.41) is 2.64. The van der Waals surface area contributed by atoms with Crippen LogP contribution in [-0.2, 0) is 9.53 Å². The van der Waals surface area contributed by atoms with Gasteiger partial charge in [0, 0.05) is 13.6 Å². The summed E-state index contributed by atoms with van der Waals surface area (Å²) in [6.45, 7) is 6.15. The van der Waals surface area contributed by atoms with Gasteiger partial charge in [-0.15, -0.1) is 0 Å². The van der Waals surface area contributed by atoms with Crippen LogP contribution in [0.1, 0.15) is 40.0 Å². The molecule has 1 heterocycles. The van der Waals surface area contributed by atoms with Crippen LogP contribution in [0.25, 0.3) is 0 Å². The van der Waals surface area contributed by atoms with Gasteiger partial charge in [0.15, 0.2) is 0 Å². The van der Waals surface area contributed by atoms with Crippen LogP contribution < -0.4 is 5.32 Å². The standard InChI is InChI=1S/C12H22N2O3/c1-12(2,3)17-11(16)13-9-7-5-6-8-14(4)10(9)15/h9H,5-8H2,1-4H3,(H,13,16)/t9-/m1/s1. The van der Waals surface area contributed by atoms with Crippen molar-refractivity contribution < 1.29 is 14.3 Å². The van der Waals surface area contributed by atoms with Crippen LogP contribution in [0.4, 0.5) is 4.79 Å². The molecule has 0 bridgehead atoms. The highest BCUT2D eigenvalue weighted by Crippen LogP contribution is 2.12. The number of amides is 2. The highest BCUT2D eigenvalue weighted by molar-refractivity contribution is 5.85. The van der Waals surface area contributed by atoms with Crippen LogP contribution in [-0.4, -0.2) is 42.1 Å². The van der Waals surface area contributed by atoms with Gasteiger partial charge in [-0.2, -0.15) is 0 Å². The summed E-state index contributed by atoms with van der Waals surface area (Å²) < 4.78 is 5.14. The van der Waals surface area contributed by atoms with Crippen molar-refractivity contribution in [1.82, 2.24) is 10.2 Å². The van der Waals surface area contributed by atoms with E-state index in [1.807, 2.05) is 0 Å². The molecule has 0 aromatic heterocycles. The highest BCUT2D eigenvalue weighted by Gasteiger charge is 2.27. The lowest BCUT2D eigenvalue weighted by atomic mass is 10.1. The number of carbonyl (C=O) groups is 2. The minimum absolute atomic E-state index is 0.0339. The second-order valence-corrected chi connectivity index (χ2v) is 5.45. The molecule has 0 aliphatic carbocycles. The van der Waals surface area contributed by atoms with Gasteiger partial charge in [-0.05, 0) is 40.0 Å². The van der Waals surface area contributed by atoms with Crippen molar-refractivity contribution in [1.29, 1.82) is 0 Å². The average Bonchev–Trinajstić information content (AvgIpc) is 2.30. The van der Waals surface area contributed by atoms with Crippen LogP contribution in [0.15, 0.2) is 0 Å². The van der Waals surface area contributed by atoms with E-state index in [4.69, 9.17) is 4.74 Å². The molecule has 1 atom stereocenters. The first-order chi connectivity index (χ1) is 7.79. The molecule has 1 rings (SSSR count). The largest absolute Gasteiger partial charge is 0.444 e. The van der Waals surface area contributed by atoms with Crippen molar-refractivity contribution >= 4 is 12.0 Å². The summed E-state index contributed by atoms with van der Waals surface area (Å²) in [5.41, 5.74) is -0.538. The molecule has 0 saturated carbocycles. The zero-order chi connectivity index (χ0) is 13.1. The molecule has 17 heavy (non-hydrogen) atoms. The Labute approximate surface area is 102 Å². The van der Waals surface area contributed by atoms with Gasteiger partial charge in [-0.25, -0.2) is 4.79 Å². The number of nitrogens with one attached hydrogen (secondary N) is 1. The summed E-state index contributed by atoms with van der Waals surface area (Å²) in [5.74, 6) is -0.0339. The van der Waals surface area contributed by atoms with Gasteiger partial charge in [-0.3, -0.25) is 4.79 Å². The molecule has 1 aliphatic rings. The van der Waals surface area contributed by atoms with Crippen LogP contribution in [0.5, 0.6) is 0 Å². The fraction of sp³-hybridized carbons (Fsp3) is 0.833.